The summed E-state index contributed by atoms with van der Waals surface area (Å²) in [6.45, 7) is 6.18. The SMILES string of the molecule is Cc1cccc(CN2CCC3(CCCN(C(=O)c4ccc(C)o4)C3)C2=O)n1. The highest BCUT2D eigenvalue weighted by molar-refractivity contribution is 5.93. The molecule has 2 saturated heterocycles. The maximum atomic E-state index is 13.2. The smallest absolute Gasteiger partial charge is 0.289 e. The average Bonchev–Trinajstić information content (AvgIpc) is 3.21. The molecular formula is C21H25N3O3. The number of pyridine rings is 1. The number of amides is 2. The minimum Gasteiger partial charge on any atom is -0.456 e. The molecule has 0 N–H and O–H groups in total. The number of piperidine rings is 1. The molecule has 0 saturated carbocycles. The zero-order chi connectivity index (χ0) is 19.0. The minimum atomic E-state index is -0.459. The van der Waals surface area contributed by atoms with Gasteiger partial charge in [0.15, 0.2) is 5.76 Å². The Morgan fingerprint density at radius 1 is 1.19 bits per heavy atom. The van der Waals surface area contributed by atoms with Crippen LogP contribution in [0, 0.1) is 19.3 Å². The fraction of sp³-hybridized carbons (Fsp3) is 0.476. The van der Waals surface area contributed by atoms with E-state index in [1.165, 1.54) is 0 Å². The van der Waals surface area contributed by atoms with Crippen LogP contribution in [-0.4, -0.2) is 46.2 Å². The van der Waals surface area contributed by atoms with Crippen LogP contribution in [0.15, 0.2) is 34.7 Å². The first-order valence-corrected chi connectivity index (χ1v) is 9.54. The lowest BCUT2D eigenvalue weighted by Crippen LogP contribution is -2.49. The highest BCUT2D eigenvalue weighted by atomic mass is 16.3. The zero-order valence-electron chi connectivity index (χ0n) is 15.9. The van der Waals surface area contributed by atoms with E-state index in [2.05, 4.69) is 4.98 Å². The quantitative estimate of drug-likeness (QED) is 0.837. The molecule has 2 amide bonds. The molecule has 0 bridgehead atoms. The van der Waals surface area contributed by atoms with Gasteiger partial charge in [0.05, 0.1) is 17.7 Å². The molecule has 0 aliphatic carbocycles. The van der Waals surface area contributed by atoms with E-state index in [1.54, 1.807) is 17.0 Å². The predicted octanol–water partition coefficient (Wildman–Crippen LogP) is 2.95. The standard InChI is InChI=1S/C21H25N3O3/c1-15-5-3-6-17(22-15)13-23-12-10-21(20(23)26)9-4-11-24(14-21)19(25)18-8-7-16(2)27-18/h3,5-8H,4,9-14H2,1-2H3. The molecule has 142 valence electrons. The normalized spacial score (nSPS) is 22.7. The molecule has 27 heavy (non-hydrogen) atoms. The number of aromatic nitrogens is 1. The van der Waals surface area contributed by atoms with Crippen molar-refractivity contribution in [3.8, 4) is 0 Å². The van der Waals surface area contributed by atoms with Gasteiger partial charge >= 0.3 is 0 Å². The van der Waals surface area contributed by atoms with Crippen molar-refractivity contribution in [2.75, 3.05) is 19.6 Å². The van der Waals surface area contributed by atoms with Crippen LogP contribution in [0.2, 0.25) is 0 Å². The first-order valence-electron chi connectivity index (χ1n) is 9.54. The minimum absolute atomic E-state index is 0.117. The van der Waals surface area contributed by atoms with Crippen LogP contribution in [-0.2, 0) is 11.3 Å². The third kappa shape index (κ3) is 3.36. The van der Waals surface area contributed by atoms with Gasteiger partial charge in [0.1, 0.15) is 5.76 Å². The number of aryl methyl sites for hydroxylation is 2. The van der Waals surface area contributed by atoms with E-state index < -0.39 is 5.41 Å². The van der Waals surface area contributed by atoms with Gasteiger partial charge in [0.2, 0.25) is 5.91 Å². The Hall–Kier alpha value is -2.63. The molecule has 1 unspecified atom stereocenters. The first kappa shape index (κ1) is 17.8. The Labute approximate surface area is 159 Å². The third-order valence-electron chi connectivity index (χ3n) is 5.72. The van der Waals surface area contributed by atoms with Gasteiger partial charge in [-0.2, -0.15) is 0 Å². The van der Waals surface area contributed by atoms with Crippen molar-refractivity contribution in [3.63, 3.8) is 0 Å². The lowest BCUT2D eigenvalue weighted by Gasteiger charge is -2.38. The van der Waals surface area contributed by atoms with E-state index in [-0.39, 0.29) is 11.8 Å². The summed E-state index contributed by atoms with van der Waals surface area (Å²) in [5.74, 6) is 1.11. The summed E-state index contributed by atoms with van der Waals surface area (Å²) >= 11 is 0. The molecule has 0 radical (unpaired) electrons. The van der Waals surface area contributed by atoms with Crippen molar-refractivity contribution in [1.82, 2.24) is 14.8 Å². The molecule has 1 atom stereocenters. The number of rotatable bonds is 3. The number of furan rings is 1. The van der Waals surface area contributed by atoms with Crippen LogP contribution < -0.4 is 0 Å². The van der Waals surface area contributed by atoms with Gasteiger partial charge in [0, 0.05) is 25.3 Å². The molecule has 0 aromatic carbocycles. The number of likely N-dealkylation sites (tertiary alicyclic amines) is 2. The molecule has 2 aliphatic heterocycles. The number of nitrogens with zero attached hydrogens (tertiary/aromatic N) is 3. The molecular weight excluding hydrogens is 342 g/mol. The van der Waals surface area contributed by atoms with E-state index >= 15 is 0 Å². The van der Waals surface area contributed by atoms with Crippen molar-refractivity contribution in [1.29, 1.82) is 0 Å². The van der Waals surface area contributed by atoms with Gasteiger partial charge in [-0.25, -0.2) is 0 Å². The molecule has 2 aromatic heterocycles. The average molecular weight is 367 g/mol. The van der Waals surface area contributed by atoms with Crippen molar-refractivity contribution in [2.45, 2.75) is 39.7 Å². The lowest BCUT2D eigenvalue weighted by molar-refractivity contribution is -0.138. The Morgan fingerprint density at radius 3 is 2.78 bits per heavy atom. The monoisotopic (exact) mass is 367 g/mol. The summed E-state index contributed by atoms with van der Waals surface area (Å²) in [5.41, 5.74) is 1.41. The van der Waals surface area contributed by atoms with Crippen LogP contribution in [0.4, 0.5) is 0 Å². The lowest BCUT2D eigenvalue weighted by atomic mass is 9.78. The van der Waals surface area contributed by atoms with Crippen molar-refractivity contribution in [3.05, 3.63) is 53.2 Å². The first-order chi connectivity index (χ1) is 13.0. The summed E-state index contributed by atoms with van der Waals surface area (Å²) in [5, 5.41) is 0. The van der Waals surface area contributed by atoms with Gasteiger partial charge in [-0.3, -0.25) is 14.6 Å². The maximum absolute atomic E-state index is 13.2. The number of carbonyl (C=O) groups excluding carboxylic acids is 2. The Bertz CT molecular complexity index is 875. The largest absolute Gasteiger partial charge is 0.456 e. The van der Waals surface area contributed by atoms with Gasteiger partial charge in [-0.1, -0.05) is 6.07 Å². The Morgan fingerprint density at radius 2 is 2.04 bits per heavy atom. The van der Waals surface area contributed by atoms with E-state index in [0.29, 0.717) is 25.4 Å². The van der Waals surface area contributed by atoms with E-state index in [1.807, 2.05) is 36.9 Å². The van der Waals surface area contributed by atoms with E-state index in [9.17, 15) is 9.59 Å². The molecule has 4 rings (SSSR count). The number of hydrogen-bond acceptors (Lipinski definition) is 4. The van der Waals surface area contributed by atoms with Crippen molar-refractivity contribution < 1.29 is 14.0 Å². The summed E-state index contributed by atoms with van der Waals surface area (Å²) in [4.78, 5) is 34.2. The van der Waals surface area contributed by atoms with E-state index in [0.717, 1.165) is 43.0 Å². The topological polar surface area (TPSA) is 66.7 Å². The Balaban J connectivity index is 1.48. The van der Waals surface area contributed by atoms with Crippen LogP contribution in [0.1, 0.15) is 47.0 Å². The number of hydrogen-bond donors (Lipinski definition) is 0. The molecule has 4 heterocycles. The fourth-order valence-corrected chi connectivity index (χ4v) is 4.32. The Kier molecular flexibility index (Phi) is 4.50. The van der Waals surface area contributed by atoms with Crippen LogP contribution in [0.25, 0.3) is 0 Å². The summed E-state index contributed by atoms with van der Waals surface area (Å²) in [6, 6.07) is 9.40. The molecule has 2 aliphatic rings. The third-order valence-corrected chi connectivity index (χ3v) is 5.72. The second kappa shape index (κ2) is 6.83. The van der Waals surface area contributed by atoms with Crippen LogP contribution in [0.3, 0.4) is 0 Å². The van der Waals surface area contributed by atoms with Gasteiger partial charge < -0.3 is 14.2 Å². The fourth-order valence-electron chi connectivity index (χ4n) is 4.32. The van der Waals surface area contributed by atoms with Crippen LogP contribution >= 0.6 is 0 Å². The second-order valence-corrected chi connectivity index (χ2v) is 7.77. The van der Waals surface area contributed by atoms with Crippen LogP contribution in [0.5, 0.6) is 0 Å². The zero-order valence-corrected chi connectivity index (χ0v) is 15.9. The van der Waals surface area contributed by atoms with Gasteiger partial charge in [0.25, 0.3) is 5.91 Å². The second-order valence-electron chi connectivity index (χ2n) is 7.77. The van der Waals surface area contributed by atoms with Crippen molar-refractivity contribution >= 4 is 11.8 Å². The van der Waals surface area contributed by atoms with Gasteiger partial charge in [-0.15, -0.1) is 0 Å². The molecule has 1 spiro atoms. The molecule has 2 aromatic rings. The molecule has 6 heteroatoms. The van der Waals surface area contributed by atoms with Gasteiger partial charge in [-0.05, 0) is 57.4 Å². The maximum Gasteiger partial charge on any atom is 0.289 e. The summed E-state index contributed by atoms with van der Waals surface area (Å²) in [6.07, 6.45) is 2.47. The number of carbonyl (C=O) groups is 2. The summed E-state index contributed by atoms with van der Waals surface area (Å²) in [7, 11) is 0. The van der Waals surface area contributed by atoms with E-state index in [4.69, 9.17) is 4.42 Å². The predicted molar refractivity (Wildman–Crippen MR) is 100 cm³/mol. The van der Waals surface area contributed by atoms with Crippen molar-refractivity contribution in [2.24, 2.45) is 5.41 Å². The highest BCUT2D eigenvalue weighted by Gasteiger charge is 2.49. The highest BCUT2D eigenvalue weighted by Crippen LogP contribution is 2.41. The molecule has 6 nitrogen and oxygen atoms in total. The summed E-state index contributed by atoms with van der Waals surface area (Å²) < 4.78 is 5.49. The molecule has 2 fully saturated rings.